The Balaban J connectivity index is 1.57. The van der Waals surface area contributed by atoms with Gasteiger partial charge in [-0.15, -0.1) is 0 Å². The lowest BCUT2D eigenvalue weighted by atomic mass is 10.2. The summed E-state index contributed by atoms with van der Waals surface area (Å²) in [5.41, 5.74) is 3.95. The Hall–Kier alpha value is -1.62. The maximum Gasteiger partial charge on any atom is 0.222 e. The van der Waals surface area contributed by atoms with E-state index >= 15 is 0 Å². The SMILES string of the molecule is Cc1nc2ccccc2nc1CSCCN1CCCC1=O. The van der Waals surface area contributed by atoms with Crippen molar-refractivity contribution in [3.63, 3.8) is 0 Å². The second-order valence-corrected chi connectivity index (χ2v) is 6.39. The molecule has 1 fully saturated rings. The van der Waals surface area contributed by atoms with Crippen molar-refractivity contribution in [2.24, 2.45) is 0 Å². The van der Waals surface area contributed by atoms with Crippen LogP contribution in [-0.4, -0.2) is 39.6 Å². The van der Waals surface area contributed by atoms with E-state index in [9.17, 15) is 4.79 Å². The molecule has 0 aliphatic carbocycles. The lowest BCUT2D eigenvalue weighted by Crippen LogP contribution is -2.26. The Morgan fingerprint density at radius 3 is 2.71 bits per heavy atom. The normalized spacial score (nSPS) is 15.1. The van der Waals surface area contributed by atoms with E-state index in [4.69, 9.17) is 4.98 Å². The van der Waals surface area contributed by atoms with Gasteiger partial charge in [0, 0.05) is 31.0 Å². The molecule has 1 saturated heterocycles. The first-order valence-corrected chi connectivity index (χ1v) is 8.47. The number of aryl methyl sites for hydroxylation is 1. The molecule has 5 heteroatoms. The Bertz CT molecular complexity index is 659. The highest BCUT2D eigenvalue weighted by atomic mass is 32.2. The highest BCUT2D eigenvalue weighted by molar-refractivity contribution is 7.98. The quantitative estimate of drug-likeness (QED) is 0.797. The molecule has 2 heterocycles. The van der Waals surface area contributed by atoms with Gasteiger partial charge in [-0.05, 0) is 25.5 Å². The number of likely N-dealkylation sites (tertiary alicyclic amines) is 1. The Morgan fingerprint density at radius 1 is 1.24 bits per heavy atom. The molecule has 0 bridgehead atoms. The molecular formula is C16H19N3OS. The zero-order valence-corrected chi connectivity index (χ0v) is 13.0. The summed E-state index contributed by atoms with van der Waals surface area (Å²) in [6.45, 7) is 3.79. The van der Waals surface area contributed by atoms with E-state index in [1.54, 1.807) is 0 Å². The topological polar surface area (TPSA) is 46.1 Å². The second-order valence-electron chi connectivity index (χ2n) is 5.28. The van der Waals surface area contributed by atoms with Gasteiger partial charge in [0.25, 0.3) is 0 Å². The fourth-order valence-corrected chi connectivity index (χ4v) is 3.51. The maximum atomic E-state index is 11.5. The van der Waals surface area contributed by atoms with Gasteiger partial charge in [-0.2, -0.15) is 11.8 Å². The highest BCUT2D eigenvalue weighted by Crippen LogP contribution is 2.18. The van der Waals surface area contributed by atoms with Crippen molar-refractivity contribution < 1.29 is 4.79 Å². The first-order valence-electron chi connectivity index (χ1n) is 7.32. The third-order valence-electron chi connectivity index (χ3n) is 3.76. The van der Waals surface area contributed by atoms with Gasteiger partial charge in [-0.1, -0.05) is 12.1 Å². The number of rotatable bonds is 5. The lowest BCUT2D eigenvalue weighted by molar-refractivity contribution is -0.127. The van der Waals surface area contributed by atoms with Gasteiger partial charge >= 0.3 is 0 Å². The van der Waals surface area contributed by atoms with Crippen molar-refractivity contribution in [2.75, 3.05) is 18.8 Å². The van der Waals surface area contributed by atoms with Crippen molar-refractivity contribution in [3.05, 3.63) is 35.7 Å². The van der Waals surface area contributed by atoms with Gasteiger partial charge in [-0.3, -0.25) is 4.79 Å². The van der Waals surface area contributed by atoms with Crippen molar-refractivity contribution in [3.8, 4) is 0 Å². The van der Waals surface area contributed by atoms with Crippen molar-refractivity contribution >= 4 is 28.7 Å². The van der Waals surface area contributed by atoms with Gasteiger partial charge in [0.2, 0.25) is 5.91 Å². The molecule has 0 unspecified atom stereocenters. The molecule has 21 heavy (non-hydrogen) atoms. The fourth-order valence-electron chi connectivity index (χ4n) is 2.55. The average Bonchev–Trinajstić information content (AvgIpc) is 2.89. The van der Waals surface area contributed by atoms with Crippen molar-refractivity contribution in [2.45, 2.75) is 25.5 Å². The maximum absolute atomic E-state index is 11.5. The summed E-state index contributed by atoms with van der Waals surface area (Å²) >= 11 is 1.82. The molecule has 110 valence electrons. The molecule has 0 radical (unpaired) electrons. The summed E-state index contributed by atoms with van der Waals surface area (Å²) in [6, 6.07) is 7.96. The summed E-state index contributed by atoms with van der Waals surface area (Å²) < 4.78 is 0. The molecule has 2 aromatic rings. The number of para-hydroxylation sites is 2. The fraction of sp³-hybridized carbons (Fsp3) is 0.438. The van der Waals surface area contributed by atoms with E-state index in [2.05, 4.69) is 4.98 Å². The van der Waals surface area contributed by atoms with Gasteiger partial charge in [0.05, 0.1) is 22.4 Å². The number of thioether (sulfide) groups is 1. The van der Waals surface area contributed by atoms with Crippen LogP contribution in [0.4, 0.5) is 0 Å². The number of aromatic nitrogens is 2. The monoisotopic (exact) mass is 301 g/mol. The molecule has 0 N–H and O–H groups in total. The van der Waals surface area contributed by atoms with Crippen LogP contribution >= 0.6 is 11.8 Å². The average molecular weight is 301 g/mol. The number of hydrogen-bond acceptors (Lipinski definition) is 4. The minimum Gasteiger partial charge on any atom is -0.342 e. The number of benzene rings is 1. The van der Waals surface area contributed by atoms with Crippen LogP contribution in [0.25, 0.3) is 11.0 Å². The van der Waals surface area contributed by atoms with Crippen molar-refractivity contribution in [1.29, 1.82) is 0 Å². The number of fused-ring (bicyclic) bond motifs is 1. The van der Waals surface area contributed by atoms with Gasteiger partial charge in [0.15, 0.2) is 0 Å². The molecule has 0 saturated carbocycles. The summed E-state index contributed by atoms with van der Waals surface area (Å²) in [4.78, 5) is 22.8. The summed E-state index contributed by atoms with van der Waals surface area (Å²) in [5, 5.41) is 0. The van der Waals surface area contributed by atoms with Crippen LogP contribution in [0.15, 0.2) is 24.3 Å². The number of hydrogen-bond donors (Lipinski definition) is 0. The Morgan fingerprint density at radius 2 is 2.00 bits per heavy atom. The minimum absolute atomic E-state index is 0.303. The van der Waals surface area contributed by atoms with Crippen molar-refractivity contribution in [1.82, 2.24) is 14.9 Å². The molecule has 0 atom stereocenters. The van der Waals surface area contributed by atoms with Crippen LogP contribution in [0.1, 0.15) is 24.2 Å². The number of carbonyl (C=O) groups excluding carboxylic acids is 1. The first kappa shape index (κ1) is 14.3. The predicted octanol–water partition coefficient (Wildman–Crippen LogP) is 2.79. The van der Waals surface area contributed by atoms with E-state index in [-0.39, 0.29) is 0 Å². The molecule has 1 aromatic carbocycles. The van der Waals surface area contributed by atoms with E-state index in [0.717, 1.165) is 59.9 Å². The molecule has 1 aliphatic heterocycles. The molecule has 1 aliphatic rings. The van der Waals surface area contributed by atoms with E-state index in [1.165, 1.54) is 0 Å². The Kier molecular flexibility index (Phi) is 4.39. The zero-order chi connectivity index (χ0) is 14.7. The predicted molar refractivity (Wildman–Crippen MR) is 86.3 cm³/mol. The third-order valence-corrected chi connectivity index (χ3v) is 4.71. The van der Waals surface area contributed by atoms with Crippen LogP contribution in [0, 0.1) is 6.92 Å². The Labute approximate surface area is 129 Å². The molecule has 1 aromatic heterocycles. The van der Waals surface area contributed by atoms with Crippen LogP contribution < -0.4 is 0 Å². The number of carbonyl (C=O) groups is 1. The first-order chi connectivity index (χ1) is 10.2. The molecule has 4 nitrogen and oxygen atoms in total. The minimum atomic E-state index is 0.303. The van der Waals surface area contributed by atoms with Gasteiger partial charge in [0.1, 0.15) is 0 Å². The van der Waals surface area contributed by atoms with E-state index in [0.29, 0.717) is 5.91 Å². The van der Waals surface area contributed by atoms with Crippen LogP contribution in [0.3, 0.4) is 0 Å². The third kappa shape index (κ3) is 3.35. The molecule has 1 amide bonds. The molecule has 3 rings (SSSR count). The van der Waals surface area contributed by atoms with Crippen LogP contribution in [0.5, 0.6) is 0 Å². The van der Waals surface area contributed by atoms with Crippen LogP contribution in [-0.2, 0) is 10.5 Å². The smallest absolute Gasteiger partial charge is 0.222 e. The molecule has 0 spiro atoms. The van der Waals surface area contributed by atoms with Gasteiger partial charge in [-0.25, -0.2) is 9.97 Å². The largest absolute Gasteiger partial charge is 0.342 e. The second kappa shape index (κ2) is 6.43. The summed E-state index contributed by atoms with van der Waals surface area (Å²) in [5.74, 6) is 2.11. The van der Waals surface area contributed by atoms with Gasteiger partial charge < -0.3 is 4.90 Å². The summed E-state index contributed by atoms with van der Waals surface area (Å²) in [6.07, 6.45) is 1.73. The molecular weight excluding hydrogens is 282 g/mol. The van der Waals surface area contributed by atoms with Crippen LogP contribution in [0.2, 0.25) is 0 Å². The lowest BCUT2D eigenvalue weighted by Gasteiger charge is -2.14. The highest BCUT2D eigenvalue weighted by Gasteiger charge is 2.19. The summed E-state index contributed by atoms with van der Waals surface area (Å²) in [7, 11) is 0. The standard InChI is InChI=1S/C16H19N3OS/c1-12-15(18-14-6-3-2-5-13(14)17-12)11-21-10-9-19-8-4-7-16(19)20/h2-3,5-6H,4,7-11H2,1H3. The van der Waals surface area contributed by atoms with E-state index in [1.807, 2.05) is 47.9 Å². The zero-order valence-electron chi connectivity index (χ0n) is 12.2. The van der Waals surface area contributed by atoms with E-state index < -0.39 is 0 Å². The number of amides is 1. The number of nitrogens with zero attached hydrogens (tertiary/aromatic N) is 3.